The van der Waals surface area contributed by atoms with Crippen LogP contribution in [-0.4, -0.2) is 33.8 Å². The lowest BCUT2D eigenvalue weighted by molar-refractivity contribution is -0.139. The fraction of sp³-hybridized carbons (Fsp3) is 0.353. The number of aromatic nitrogens is 1. The minimum absolute atomic E-state index is 0.0868. The Morgan fingerprint density at radius 1 is 1.24 bits per heavy atom. The van der Waals surface area contributed by atoms with Crippen molar-refractivity contribution in [2.75, 3.05) is 0 Å². The predicted molar refractivity (Wildman–Crippen MR) is 86.2 cm³/mol. The number of halogens is 2. The number of fused-ring (bicyclic) bond motifs is 1. The molecule has 25 heavy (non-hydrogen) atoms. The number of rotatable bonds is 4. The molecule has 0 aliphatic carbocycles. The van der Waals surface area contributed by atoms with Crippen molar-refractivity contribution in [1.29, 1.82) is 0 Å². The van der Waals surface area contributed by atoms with Crippen molar-refractivity contribution in [1.82, 2.24) is 10.3 Å². The number of nitrogens with one attached hydrogen (secondary N) is 1. The zero-order valence-corrected chi connectivity index (χ0v) is 14.0. The molecule has 1 atom stereocenters. The van der Waals surface area contributed by atoms with Gasteiger partial charge in [0.25, 0.3) is 0 Å². The fourth-order valence-electron chi connectivity index (χ4n) is 2.17. The number of benzene rings is 1. The molecule has 1 heterocycles. The molecule has 0 radical (unpaired) electrons. The number of hydrogen-bond acceptors (Lipinski definition) is 4. The number of ether oxygens (including phenoxy) is 1. The van der Waals surface area contributed by atoms with Crippen LogP contribution in [0.4, 0.5) is 13.6 Å². The number of alkyl carbamates (subject to hydrolysis) is 1. The molecule has 0 saturated heterocycles. The molecule has 1 aromatic carbocycles. The van der Waals surface area contributed by atoms with E-state index in [4.69, 9.17) is 4.74 Å². The van der Waals surface area contributed by atoms with Gasteiger partial charge in [0.15, 0.2) is 11.6 Å². The monoisotopic (exact) mass is 352 g/mol. The van der Waals surface area contributed by atoms with E-state index < -0.39 is 35.3 Å². The van der Waals surface area contributed by atoms with Crippen molar-refractivity contribution < 1.29 is 28.2 Å². The molecule has 0 bridgehead atoms. The number of carboxylic acids is 1. The zero-order chi connectivity index (χ0) is 18.8. The molecule has 0 saturated carbocycles. The van der Waals surface area contributed by atoms with Crippen molar-refractivity contribution in [2.24, 2.45) is 0 Å². The molecule has 2 rings (SSSR count). The third-order valence-electron chi connectivity index (χ3n) is 3.21. The molecule has 1 aromatic heterocycles. The van der Waals surface area contributed by atoms with Crippen LogP contribution in [0.1, 0.15) is 26.3 Å². The van der Waals surface area contributed by atoms with Gasteiger partial charge < -0.3 is 15.2 Å². The summed E-state index contributed by atoms with van der Waals surface area (Å²) in [6, 6.07) is 2.19. The maximum atomic E-state index is 13.3. The van der Waals surface area contributed by atoms with E-state index in [9.17, 15) is 23.5 Å². The first-order chi connectivity index (χ1) is 11.5. The Morgan fingerprint density at radius 3 is 2.48 bits per heavy atom. The first-order valence-electron chi connectivity index (χ1n) is 7.51. The van der Waals surface area contributed by atoms with Crippen molar-refractivity contribution in [3.05, 3.63) is 41.6 Å². The van der Waals surface area contributed by atoms with E-state index in [2.05, 4.69) is 10.3 Å². The highest BCUT2D eigenvalue weighted by Gasteiger charge is 2.24. The molecule has 2 aromatic rings. The van der Waals surface area contributed by atoms with E-state index in [1.54, 1.807) is 20.8 Å². The van der Waals surface area contributed by atoms with Crippen molar-refractivity contribution >= 4 is 23.0 Å². The van der Waals surface area contributed by atoms with Gasteiger partial charge in [-0.1, -0.05) is 0 Å². The fourth-order valence-corrected chi connectivity index (χ4v) is 2.17. The average molecular weight is 352 g/mol. The summed E-state index contributed by atoms with van der Waals surface area (Å²) in [5.41, 5.74) is -0.0734. The summed E-state index contributed by atoms with van der Waals surface area (Å²) < 4.78 is 31.6. The number of carboxylic acid groups (broad SMARTS) is 1. The first kappa shape index (κ1) is 18.6. The summed E-state index contributed by atoms with van der Waals surface area (Å²) in [5.74, 6) is -3.29. The quantitative estimate of drug-likeness (QED) is 0.883. The van der Waals surface area contributed by atoms with Gasteiger partial charge in [0.05, 0.1) is 5.52 Å². The van der Waals surface area contributed by atoms with Gasteiger partial charge in [-0.15, -0.1) is 0 Å². The van der Waals surface area contributed by atoms with Gasteiger partial charge in [0.2, 0.25) is 0 Å². The van der Waals surface area contributed by atoms with Gasteiger partial charge in [-0.2, -0.15) is 0 Å². The highest BCUT2D eigenvalue weighted by atomic mass is 19.2. The van der Waals surface area contributed by atoms with Crippen LogP contribution in [0.3, 0.4) is 0 Å². The lowest BCUT2D eigenvalue weighted by Crippen LogP contribution is -2.44. The van der Waals surface area contributed by atoms with Crippen LogP contribution >= 0.6 is 0 Å². The molecule has 0 spiro atoms. The first-order valence-corrected chi connectivity index (χ1v) is 7.51. The number of nitrogens with zero attached hydrogens (tertiary/aromatic N) is 1. The van der Waals surface area contributed by atoms with Gasteiger partial charge in [0, 0.05) is 24.1 Å². The number of aliphatic carboxylic acids is 1. The molecular formula is C17H18F2N2O4. The largest absolute Gasteiger partial charge is 0.480 e. The summed E-state index contributed by atoms with van der Waals surface area (Å²) in [6.07, 6.45) is 0.407. The third kappa shape index (κ3) is 5.10. The molecule has 2 N–H and O–H groups in total. The summed E-state index contributed by atoms with van der Waals surface area (Å²) in [7, 11) is 0. The number of amides is 1. The van der Waals surface area contributed by atoms with Crippen molar-refractivity contribution in [3.63, 3.8) is 0 Å². The Morgan fingerprint density at radius 2 is 1.88 bits per heavy atom. The van der Waals surface area contributed by atoms with E-state index in [0.717, 1.165) is 12.1 Å². The van der Waals surface area contributed by atoms with E-state index in [0.29, 0.717) is 10.9 Å². The molecule has 0 unspecified atom stereocenters. The maximum Gasteiger partial charge on any atom is 0.408 e. The lowest BCUT2D eigenvalue weighted by Gasteiger charge is -2.22. The van der Waals surface area contributed by atoms with Crippen LogP contribution in [0.2, 0.25) is 0 Å². The topological polar surface area (TPSA) is 88.5 Å². The average Bonchev–Trinajstić information content (AvgIpc) is 2.46. The molecule has 0 aliphatic heterocycles. The van der Waals surface area contributed by atoms with E-state index >= 15 is 0 Å². The zero-order valence-electron chi connectivity index (χ0n) is 14.0. The van der Waals surface area contributed by atoms with Gasteiger partial charge in [-0.25, -0.2) is 18.4 Å². The van der Waals surface area contributed by atoms with Crippen LogP contribution in [0, 0.1) is 11.6 Å². The number of pyridine rings is 1. The minimum atomic E-state index is -1.25. The molecular weight excluding hydrogens is 334 g/mol. The lowest BCUT2D eigenvalue weighted by atomic mass is 10.1. The van der Waals surface area contributed by atoms with Crippen molar-refractivity contribution in [2.45, 2.75) is 38.8 Å². The molecule has 1 amide bonds. The van der Waals surface area contributed by atoms with Gasteiger partial charge in [-0.3, -0.25) is 4.98 Å². The Hall–Kier alpha value is -2.77. The van der Waals surface area contributed by atoms with Gasteiger partial charge in [0.1, 0.15) is 11.6 Å². The highest BCUT2D eigenvalue weighted by molar-refractivity contribution is 5.81. The number of carbonyl (C=O) groups is 2. The molecule has 6 nitrogen and oxygen atoms in total. The number of hydrogen-bond donors (Lipinski definition) is 2. The standard InChI is InChI=1S/C17H18F2N2O4/c1-17(2,3)25-16(24)21-14(15(22)23)5-9-4-10-6-11(18)12(19)7-13(10)20-8-9/h4,6-8,14H,5H2,1-3H3,(H,21,24)(H,22,23)/t14-/m0/s1. The second-order valence-electron chi connectivity index (χ2n) is 6.54. The van der Waals surface area contributed by atoms with E-state index in [1.165, 1.54) is 12.3 Å². The van der Waals surface area contributed by atoms with Crippen LogP contribution in [0.5, 0.6) is 0 Å². The van der Waals surface area contributed by atoms with Gasteiger partial charge >= 0.3 is 12.1 Å². The molecule has 134 valence electrons. The maximum absolute atomic E-state index is 13.3. The van der Waals surface area contributed by atoms with E-state index in [1.807, 2.05) is 0 Å². The van der Waals surface area contributed by atoms with Crippen LogP contribution in [0.25, 0.3) is 10.9 Å². The Labute approximate surface area is 142 Å². The Kier molecular flexibility index (Phi) is 5.20. The van der Waals surface area contributed by atoms with Crippen LogP contribution < -0.4 is 5.32 Å². The highest BCUT2D eigenvalue weighted by Crippen LogP contribution is 2.18. The summed E-state index contributed by atoms with van der Waals surface area (Å²) in [5, 5.41) is 11.9. The summed E-state index contributed by atoms with van der Waals surface area (Å²) in [4.78, 5) is 27.1. The SMILES string of the molecule is CC(C)(C)OC(=O)N[C@@H](Cc1cnc2cc(F)c(F)cc2c1)C(=O)O. The van der Waals surface area contributed by atoms with Crippen molar-refractivity contribution in [3.8, 4) is 0 Å². The Bertz CT molecular complexity index is 818. The molecule has 8 heteroatoms. The molecule has 0 fully saturated rings. The smallest absolute Gasteiger partial charge is 0.408 e. The van der Waals surface area contributed by atoms with Crippen LogP contribution in [0.15, 0.2) is 24.4 Å². The van der Waals surface area contributed by atoms with Gasteiger partial charge in [-0.05, 0) is 38.5 Å². The predicted octanol–water partition coefficient (Wildman–Crippen LogP) is 3.03. The molecule has 0 aliphatic rings. The summed E-state index contributed by atoms with van der Waals surface area (Å²) >= 11 is 0. The second-order valence-corrected chi connectivity index (χ2v) is 6.54. The normalized spacial score (nSPS) is 12.7. The Balaban J connectivity index is 2.19. The number of carbonyl (C=O) groups excluding carboxylic acids is 1. The van der Waals surface area contributed by atoms with E-state index in [-0.39, 0.29) is 11.9 Å². The second kappa shape index (κ2) is 7.00. The summed E-state index contributed by atoms with van der Waals surface area (Å²) in [6.45, 7) is 4.97. The minimum Gasteiger partial charge on any atom is -0.480 e. The third-order valence-corrected chi connectivity index (χ3v) is 3.21. The van der Waals surface area contributed by atoms with Crippen LogP contribution in [-0.2, 0) is 16.0 Å².